The Labute approximate surface area is 148 Å². The fourth-order valence-electron chi connectivity index (χ4n) is 1.80. The third-order valence-corrected chi connectivity index (χ3v) is 3.48. The molecular weight excluding hydrogens is 428 g/mol. The molecule has 0 saturated heterocycles. The molecule has 1 aromatic rings. The summed E-state index contributed by atoms with van der Waals surface area (Å²) in [5.41, 5.74) is 0. The molecule has 0 amide bonds. The Morgan fingerprint density at radius 1 is 0.786 bits per heavy atom. The topological polar surface area (TPSA) is 29.5 Å². The zero-order valence-corrected chi connectivity index (χ0v) is 13.2. The average molecular weight is 438 g/mol. The molecule has 0 aliphatic carbocycles. The molecule has 1 rings (SSSR count). The second kappa shape index (κ2) is 7.43. The van der Waals surface area contributed by atoms with Gasteiger partial charge in [-0.2, -0.15) is 43.9 Å². The SMILES string of the molecule is Oc1ccccc1OCCC(F)(F)C(F)(F)C(F)(F)C(F)(F)C(F)(F)C(F)F. The number of hydrogen-bond donors (Lipinski definition) is 1. The number of aromatic hydroxyl groups is 1. The Morgan fingerprint density at radius 2 is 1.29 bits per heavy atom. The van der Waals surface area contributed by atoms with E-state index in [-0.39, 0.29) is 0 Å². The fourth-order valence-corrected chi connectivity index (χ4v) is 1.80. The zero-order valence-electron chi connectivity index (χ0n) is 13.2. The number of alkyl halides is 12. The molecule has 0 heterocycles. The number of para-hydroxylation sites is 2. The normalized spacial score (nSPS) is 14.5. The van der Waals surface area contributed by atoms with Crippen LogP contribution in [0.3, 0.4) is 0 Å². The number of hydrogen-bond acceptors (Lipinski definition) is 2. The molecule has 162 valence electrons. The lowest BCUT2D eigenvalue weighted by Gasteiger charge is -2.39. The minimum atomic E-state index is -7.56. The van der Waals surface area contributed by atoms with Gasteiger partial charge in [-0.05, 0) is 12.1 Å². The van der Waals surface area contributed by atoms with Gasteiger partial charge < -0.3 is 9.84 Å². The van der Waals surface area contributed by atoms with Crippen LogP contribution in [-0.2, 0) is 0 Å². The van der Waals surface area contributed by atoms with Crippen molar-refractivity contribution in [1.82, 2.24) is 0 Å². The Hall–Kier alpha value is -2.02. The molecule has 14 heteroatoms. The van der Waals surface area contributed by atoms with E-state index in [1.807, 2.05) is 0 Å². The van der Waals surface area contributed by atoms with E-state index in [2.05, 4.69) is 4.74 Å². The molecule has 28 heavy (non-hydrogen) atoms. The summed E-state index contributed by atoms with van der Waals surface area (Å²) in [7, 11) is 0. The molecule has 0 saturated carbocycles. The lowest BCUT2D eigenvalue weighted by molar-refractivity contribution is -0.413. The number of halogens is 12. The van der Waals surface area contributed by atoms with Crippen LogP contribution < -0.4 is 4.74 Å². The first kappa shape index (κ1) is 24.0. The third kappa shape index (κ3) is 3.77. The van der Waals surface area contributed by atoms with Crippen LogP contribution in [0.25, 0.3) is 0 Å². The number of phenols is 1. The van der Waals surface area contributed by atoms with Gasteiger partial charge in [-0.1, -0.05) is 12.1 Å². The molecule has 0 aromatic heterocycles. The number of benzene rings is 1. The van der Waals surface area contributed by atoms with Crippen molar-refractivity contribution in [2.45, 2.75) is 42.5 Å². The molecule has 0 bridgehead atoms. The van der Waals surface area contributed by atoms with Gasteiger partial charge in [0, 0.05) is 0 Å². The Balaban J connectivity index is 3.08. The van der Waals surface area contributed by atoms with Crippen LogP contribution in [-0.4, -0.2) is 47.8 Å². The van der Waals surface area contributed by atoms with Gasteiger partial charge in [0.1, 0.15) is 0 Å². The van der Waals surface area contributed by atoms with Gasteiger partial charge >= 0.3 is 36.0 Å². The zero-order chi connectivity index (χ0) is 22.2. The lowest BCUT2D eigenvalue weighted by atomic mass is 9.93. The maximum absolute atomic E-state index is 13.5. The number of phenolic OH excluding ortho intramolecular Hbond substituents is 1. The van der Waals surface area contributed by atoms with Crippen molar-refractivity contribution in [3.63, 3.8) is 0 Å². The molecule has 2 nitrogen and oxygen atoms in total. The van der Waals surface area contributed by atoms with Crippen LogP contribution in [0.5, 0.6) is 11.5 Å². The maximum atomic E-state index is 13.5. The second-order valence-corrected chi connectivity index (χ2v) is 5.42. The summed E-state index contributed by atoms with van der Waals surface area (Å²) >= 11 is 0. The monoisotopic (exact) mass is 438 g/mol. The standard InChI is InChI=1S/C14H10F12O2/c15-9(16)11(19,20)13(23,24)14(25,26)12(21,22)10(17,18)5-6-28-8-4-2-1-3-7(8)27/h1-4,9,27H,5-6H2. The van der Waals surface area contributed by atoms with E-state index in [0.717, 1.165) is 12.1 Å². The summed E-state index contributed by atoms with van der Waals surface area (Å²) in [5, 5.41) is 9.24. The highest BCUT2D eigenvalue weighted by Gasteiger charge is 2.87. The quantitative estimate of drug-likeness (QED) is 0.509. The highest BCUT2D eigenvalue weighted by atomic mass is 19.4. The second-order valence-electron chi connectivity index (χ2n) is 5.42. The third-order valence-electron chi connectivity index (χ3n) is 3.48. The molecule has 0 fully saturated rings. The summed E-state index contributed by atoms with van der Waals surface area (Å²) in [5.74, 6) is -36.6. The van der Waals surface area contributed by atoms with Crippen LogP contribution in [0.1, 0.15) is 6.42 Å². The smallest absolute Gasteiger partial charge is 0.384 e. The van der Waals surface area contributed by atoms with Crippen molar-refractivity contribution < 1.29 is 62.5 Å². The van der Waals surface area contributed by atoms with Crippen LogP contribution in [0.2, 0.25) is 0 Å². The van der Waals surface area contributed by atoms with Gasteiger partial charge in [0.2, 0.25) is 0 Å². The summed E-state index contributed by atoms with van der Waals surface area (Å²) in [4.78, 5) is 0. The summed E-state index contributed by atoms with van der Waals surface area (Å²) < 4.78 is 160. The highest BCUT2D eigenvalue weighted by molar-refractivity contribution is 5.37. The van der Waals surface area contributed by atoms with Gasteiger partial charge in [-0.3, -0.25) is 0 Å². The van der Waals surface area contributed by atoms with Crippen LogP contribution in [0, 0.1) is 0 Å². The van der Waals surface area contributed by atoms with Gasteiger partial charge in [-0.25, -0.2) is 8.78 Å². The van der Waals surface area contributed by atoms with Gasteiger partial charge in [-0.15, -0.1) is 0 Å². The Morgan fingerprint density at radius 3 is 1.75 bits per heavy atom. The van der Waals surface area contributed by atoms with E-state index >= 15 is 0 Å². The predicted octanol–water partition coefficient (Wildman–Crippen LogP) is 5.60. The van der Waals surface area contributed by atoms with E-state index in [1.54, 1.807) is 0 Å². The van der Waals surface area contributed by atoms with E-state index in [0.29, 0.717) is 0 Å². The lowest BCUT2D eigenvalue weighted by Crippen LogP contribution is -2.68. The molecule has 1 N–H and O–H groups in total. The van der Waals surface area contributed by atoms with Gasteiger partial charge in [0.25, 0.3) is 0 Å². The largest absolute Gasteiger partial charge is 0.504 e. The first-order valence-corrected chi connectivity index (χ1v) is 7.01. The van der Waals surface area contributed by atoms with E-state index in [4.69, 9.17) is 0 Å². The predicted molar refractivity (Wildman–Crippen MR) is 69.0 cm³/mol. The van der Waals surface area contributed by atoms with Gasteiger partial charge in [0.15, 0.2) is 11.5 Å². The van der Waals surface area contributed by atoms with E-state index < -0.39 is 60.6 Å². The summed E-state index contributed by atoms with van der Waals surface area (Å²) in [6.45, 7) is -1.55. The number of rotatable bonds is 9. The first-order chi connectivity index (χ1) is 12.4. The molecule has 0 radical (unpaired) electrons. The van der Waals surface area contributed by atoms with Crippen LogP contribution in [0.15, 0.2) is 24.3 Å². The van der Waals surface area contributed by atoms with Crippen molar-refractivity contribution in [2.75, 3.05) is 6.61 Å². The molecule has 0 aliphatic rings. The molecule has 0 spiro atoms. The molecular formula is C14H10F12O2. The molecule has 0 atom stereocenters. The highest BCUT2D eigenvalue weighted by Crippen LogP contribution is 2.58. The average Bonchev–Trinajstić information content (AvgIpc) is 2.55. The van der Waals surface area contributed by atoms with E-state index in [9.17, 15) is 57.8 Å². The molecule has 0 unspecified atom stereocenters. The van der Waals surface area contributed by atoms with Crippen molar-refractivity contribution in [1.29, 1.82) is 0 Å². The molecule has 1 aromatic carbocycles. The van der Waals surface area contributed by atoms with Gasteiger partial charge in [0.05, 0.1) is 13.0 Å². The first-order valence-electron chi connectivity index (χ1n) is 7.01. The summed E-state index contributed by atoms with van der Waals surface area (Å²) in [6, 6.07) is 4.32. The minimum absolute atomic E-state index is 0.567. The van der Waals surface area contributed by atoms with Crippen molar-refractivity contribution in [3.05, 3.63) is 24.3 Å². The van der Waals surface area contributed by atoms with Crippen molar-refractivity contribution >= 4 is 0 Å². The Bertz CT molecular complexity index is 674. The Kier molecular flexibility index (Phi) is 6.37. The fraction of sp³-hybridized carbons (Fsp3) is 0.571. The van der Waals surface area contributed by atoms with E-state index in [1.165, 1.54) is 12.1 Å². The van der Waals surface area contributed by atoms with Crippen LogP contribution >= 0.6 is 0 Å². The molecule has 0 aliphatic heterocycles. The summed E-state index contributed by atoms with van der Waals surface area (Å²) in [6.07, 6.45) is -7.94. The maximum Gasteiger partial charge on any atom is 0.384 e. The minimum Gasteiger partial charge on any atom is -0.504 e. The number of ether oxygens (including phenoxy) is 1. The van der Waals surface area contributed by atoms with Crippen molar-refractivity contribution in [2.24, 2.45) is 0 Å². The van der Waals surface area contributed by atoms with Crippen LogP contribution in [0.4, 0.5) is 52.7 Å². The van der Waals surface area contributed by atoms with Crippen molar-refractivity contribution in [3.8, 4) is 11.5 Å².